The Morgan fingerprint density at radius 1 is 0.978 bits per heavy atom. The number of hydrogen-bond acceptors (Lipinski definition) is 10. The van der Waals surface area contributed by atoms with E-state index < -0.39 is 12.0 Å². The number of methoxy groups -OCH3 is 2. The van der Waals surface area contributed by atoms with E-state index in [0.717, 1.165) is 18.4 Å². The van der Waals surface area contributed by atoms with E-state index in [-0.39, 0.29) is 23.7 Å². The van der Waals surface area contributed by atoms with Crippen LogP contribution >= 0.6 is 11.3 Å². The summed E-state index contributed by atoms with van der Waals surface area (Å²) in [7, 11) is 3.06. The molecule has 0 spiro atoms. The van der Waals surface area contributed by atoms with Gasteiger partial charge in [-0.3, -0.25) is 9.36 Å². The second-order valence-corrected chi connectivity index (χ2v) is 11.2. The van der Waals surface area contributed by atoms with Gasteiger partial charge in [0.15, 0.2) is 16.3 Å². The number of hydrogen-bond donors (Lipinski definition) is 0. The first kappa shape index (κ1) is 31.5. The maximum Gasteiger partial charge on any atom is 0.338 e. The number of carbonyl (C=O) groups is 2. The zero-order valence-corrected chi connectivity index (χ0v) is 26.6. The number of fused-ring (bicyclic) bond motifs is 1. The fraction of sp³-hybridized carbons (Fsp3) is 0.294. The summed E-state index contributed by atoms with van der Waals surface area (Å²) in [6, 6.07) is 15.0. The molecule has 5 rings (SSSR count). The van der Waals surface area contributed by atoms with Crippen LogP contribution in [0.25, 0.3) is 17.4 Å². The summed E-state index contributed by atoms with van der Waals surface area (Å²) in [4.78, 5) is 44.4. The van der Waals surface area contributed by atoms with Crippen LogP contribution < -0.4 is 24.4 Å². The van der Waals surface area contributed by atoms with Crippen molar-refractivity contribution in [2.24, 2.45) is 4.99 Å². The number of ether oxygens (including phenoxy) is 4. The number of esters is 2. The van der Waals surface area contributed by atoms with Crippen molar-refractivity contribution >= 4 is 29.4 Å². The third kappa shape index (κ3) is 6.48. The summed E-state index contributed by atoms with van der Waals surface area (Å²) >= 11 is 1.20. The second kappa shape index (κ2) is 13.8. The van der Waals surface area contributed by atoms with Crippen molar-refractivity contribution in [1.82, 2.24) is 4.57 Å². The number of carbonyl (C=O) groups excluding carboxylic acids is 2. The van der Waals surface area contributed by atoms with E-state index in [2.05, 4.69) is 4.99 Å². The molecule has 3 heterocycles. The van der Waals surface area contributed by atoms with Crippen molar-refractivity contribution in [2.45, 2.75) is 39.7 Å². The summed E-state index contributed by atoms with van der Waals surface area (Å²) < 4.78 is 29.5. The molecule has 0 N–H and O–H groups in total. The number of thiazole rings is 1. The average molecular weight is 631 g/mol. The standard InChI is InChI=1S/C34H34N2O8S/c1-6-8-17-43-32(38)22-11-9-21(10-12-22)25-16-14-24(44-25)19-28-31(37)36-30(23-13-15-26(40-4)27(18-23)41-5)29(33(39)42-7-2)20(3)35-34(36)45-28/h9-16,18-19,30H,6-8,17H2,1-5H3/b28-19-/t30-/m1/s1. The normalized spacial score (nSPS) is 14.5. The smallest absolute Gasteiger partial charge is 0.338 e. The Kier molecular flexibility index (Phi) is 9.68. The van der Waals surface area contributed by atoms with Crippen molar-refractivity contribution in [3.8, 4) is 22.8 Å². The molecule has 0 aliphatic carbocycles. The molecule has 0 amide bonds. The molecule has 2 aromatic carbocycles. The molecule has 0 saturated heterocycles. The van der Waals surface area contributed by atoms with Crippen LogP contribution in [-0.2, 0) is 14.3 Å². The van der Waals surface area contributed by atoms with Crippen LogP contribution in [0.1, 0.15) is 61.3 Å². The van der Waals surface area contributed by atoms with Crippen LogP contribution in [0, 0.1) is 0 Å². The third-order valence-electron chi connectivity index (χ3n) is 7.28. The van der Waals surface area contributed by atoms with Crippen LogP contribution in [0.2, 0.25) is 0 Å². The number of unbranched alkanes of at least 4 members (excludes halogenated alkanes) is 1. The number of nitrogens with zero attached hydrogens (tertiary/aromatic N) is 2. The first-order valence-corrected chi connectivity index (χ1v) is 15.4. The van der Waals surface area contributed by atoms with Gasteiger partial charge in [0.1, 0.15) is 11.5 Å². The molecule has 234 valence electrons. The number of benzene rings is 2. The first-order chi connectivity index (χ1) is 21.8. The highest BCUT2D eigenvalue weighted by Gasteiger charge is 2.34. The van der Waals surface area contributed by atoms with Crippen LogP contribution in [0.15, 0.2) is 80.1 Å². The Balaban J connectivity index is 1.52. The number of rotatable bonds is 11. The van der Waals surface area contributed by atoms with Gasteiger partial charge in [-0.05, 0) is 62.2 Å². The molecule has 4 aromatic rings. The summed E-state index contributed by atoms with van der Waals surface area (Å²) in [5.41, 5.74) is 2.25. The van der Waals surface area contributed by atoms with Gasteiger partial charge >= 0.3 is 11.9 Å². The lowest BCUT2D eigenvalue weighted by Crippen LogP contribution is -2.39. The molecule has 0 saturated carbocycles. The molecule has 1 atom stereocenters. The van der Waals surface area contributed by atoms with Gasteiger partial charge in [-0.25, -0.2) is 14.6 Å². The minimum Gasteiger partial charge on any atom is -0.493 e. The largest absolute Gasteiger partial charge is 0.493 e. The molecule has 1 aliphatic heterocycles. The molecule has 10 nitrogen and oxygen atoms in total. The van der Waals surface area contributed by atoms with Crippen molar-refractivity contribution in [2.75, 3.05) is 27.4 Å². The van der Waals surface area contributed by atoms with Gasteiger partial charge in [0, 0.05) is 11.6 Å². The molecule has 0 fully saturated rings. The van der Waals surface area contributed by atoms with Crippen molar-refractivity contribution in [3.63, 3.8) is 0 Å². The van der Waals surface area contributed by atoms with E-state index in [9.17, 15) is 14.4 Å². The van der Waals surface area contributed by atoms with E-state index >= 15 is 0 Å². The molecule has 0 radical (unpaired) electrons. The number of allylic oxidation sites excluding steroid dienone is 1. The SMILES string of the molecule is CCCCOC(=O)c1ccc(-c2ccc(/C=c3\sc4n(c3=O)[C@H](c3ccc(OC)c(OC)c3)C(C(=O)OCC)=C(C)N=4)o2)cc1. The van der Waals surface area contributed by atoms with Crippen LogP contribution in [0.5, 0.6) is 11.5 Å². The first-order valence-electron chi connectivity index (χ1n) is 14.6. The topological polar surface area (TPSA) is 119 Å². The lowest BCUT2D eigenvalue weighted by atomic mass is 9.95. The van der Waals surface area contributed by atoms with Crippen molar-refractivity contribution in [1.29, 1.82) is 0 Å². The predicted octanol–water partition coefficient (Wildman–Crippen LogP) is 5.03. The van der Waals surface area contributed by atoms with E-state index in [0.29, 0.717) is 55.8 Å². The second-order valence-electron chi connectivity index (χ2n) is 10.2. The lowest BCUT2D eigenvalue weighted by molar-refractivity contribution is -0.139. The lowest BCUT2D eigenvalue weighted by Gasteiger charge is -2.25. The Morgan fingerprint density at radius 3 is 2.42 bits per heavy atom. The molecule has 45 heavy (non-hydrogen) atoms. The highest BCUT2D eigenvalue weighted by molar-refractivity contribution is 7.07. The van der Waals surface area contributed by atoms with Crippen LogP contribution in [-0.4, -0.2) is 43.9 Å². The summed E-state index contributed by atoms with van der Waals surface area (Å²) in [6.07, 6.45) is 3.42. The number of furan rings is 1. The molecular weight excluding hydrogens is 596 g/mol. The summed E-state index contributed by atoms with van der Waals surface area (Å²) in [5, 5.41) is 0. The molecular formula is C34H34N2O8S. The minimum atomic E-state index is -0.804. The minimum absolute atomic E-state index is 0.172. The van der Waals surface area contributed by atoms with Gasteiger partial charge in [0.05, 0.1) is 54.8 Å². The zero-order valence-electron chi connectivity index (χ0n) is 25.7. The Hall–Kier alpha value is -4.90. The van der Waals surface area contributed by atoms with Gasteiger partial charge in [-0.15, -0.1) is 0 Å². The van der Waals surface area contributed by atoms with E-state index in [1.807, 2.05) is 6.92 Å². The third-order valence-corrected chi connectivity index (χ3v) is 8.26. The maximum absolute atomic E-state index is 14.0. The van der Waals surface area contributed by atoms with Gasteiger partial charge in [-0.2, -0.15) is 0 Å². The predicted molar refractivity (Wildman–Crippen MR) is 169 cm³/mol. The maximum atomic E-state index is 14.0. The molecule has 11 heteroatoms. The van der Waals surface area contributed by atoms with Crippen molar-refractivity contribution < 1.29 is 33.0 Å². The Labute approximate surface area is 263 Å². The van der Waals surface area contributed by atoms with Crippen molar-refractivity contribution in [3.05, 3.63) is 102 Å². The highest BCUT2D eigenvalue weighted by Crippen LogP contribution is 2.36. The van der Waals surface area contributed by atoms with E-state index in [1.54, 1.807) is 74.5 Å². The van der Waals surface area contributed by atoms with Crippen LogP contribution in [0.4, 0.5) is 0 Å². The fourth-order valence-electron chi connectivity index (χ4n) is 5.01. The van der Waals surface area contributed by atoms with Gasteiger partial charge in [0.25, 0.3) is 5.56 Å². The number of aromatic nitrogens is 1. The van der Waals surface area contributed by atoms with Gasteiger partial charge < -0.3 is 23.4 Å². The quantitative estimate of drug-likeness (QED) is 0.167. The van der Waals surface area contributed by atoms with Gasteiger partial charge in [0.2, 0.25) is 0 Å². The summed E-state index contributed by atoms with van der Waals surface area (Å²) in [5.74, 6) is 1.09. The van der Waals surface area contributed by atoms with E-state index in [1.165, 1.54) is 30.1 Å². The monoisotopic (exact) mass is 630 g/mol. The van der Waals surface area contributed by atoms with E-state index in [4.69, 9.17) is 23.4 Å². The zero-order chi connectivity index (χ0) is 32.1. The Bertz CT molecular complexity index is 1930. The van der Waals surface area contributed by atoms with Gasteiger partial charge in [-0.1, -0.05) is 42.9 Å². The molecule has 0 unspecified atom stereocenters. The highest BCUT2D eigenvalue weighted by atomic mass is 32.1. The fourth-order valence-corrected chi connectivity index (χ4v) is 6.03. The van der Waals surface area contributed by atoms with Crippen LogP contribution in [0.3, 0.4) is 0 Å². The molecule has 2 aromatic heterocycles. The molecule has 0 bridgehead atoms. The summed E-state index contributed by atoms with van der Waals surface area (Å²) in [6.45, 7) is 6.05. The Morgan fingerprint density at radius 2 is 1.73 bits per heavy atom. The molecule has 1 aliphatic rings. The average Bonchev–Trinajstić information content (AvgIpc) is 3.64.